The van der Waals surface area contributed by atoms with Gasteiger partial charge in [-0.3, -0.25) is 10.1 Å². The number of nitrogens with zero attached hydrogens (tertiary/aromatic N) is 3. The number of carbonyl (C=O) groups is 3. The molecule has 0 aliphatic carbocycles. The van der Waals surface area contributed by atoms with Gasteiger partial charge in [0.05, 0.1) is 5.69 Å². The summed E-state index contributed by atoms with van der Waals surface area (Å²) in [7, 11) is 0. The molecule has 0 unspecified atom stereocenters. The first-order valence-electron chi connectivity index (χ1n) is 10.5. The van der Waals surface area contributed by atoms with E-state index in [1.807, 2.05) is 91.0 Å². The van der Waals surface area contributed by atoms with Crippen LogP contribution in [0.1, 0.15) is 16.2 Å². The van der Waals surface area contributed by atoms with Gasteiger partial charge in [-0.15, -0.1) is 5.10 Å². The average molecular weight is 455 g/mol. The minimum Gasteiger partial charge on any atom is -0.450 e. The van der Waals surface area contributed by atoms with Crippen LogP contribution in [0.15, 0.2) is 91.0 Å². The van der Waals surface area contributed by atoms with Crippen LogP contribution in [-0.2, 0) is 16.1 Å². The lowest BCUT2D eigenvalue weighted by Crippen LogP contribution is -2.41. The van der Waals surface area contributed by atoms with Crippen molar-refractivity contribution >= 4 is 17.9 Å². The maximum absolute atomic E-state index is 12.5. The Morgan fingerprint density at radius 2 is 1.44 bits per heavy atom. The topological polar surface area (TPSA) is 115 Å². The molecule has 0 fully saturated rings. The monoisotopic (exact) mass is 455 g/mol. The molecule has 3 amide bonds. The molecular formula is C25H21N5O4. The van der Waals surface area contributed by atoms with Gasteiger partial charge in [0, 0.05) is 12.1 Å². The summed E-state index contributed by atoms with van der Waals surface area (Å²) < 4.78 is 6.56. The number of esters is 1. The third-order valence-corrected chi connectivity index (χ3v) is 4.71. The van der Waals surface area contributed by atoms with Crippen LogP contribution in [0.2, 0.25) is 0 Å². The van der Waals surface area contributed by atoms with Gasteiger partial charge in [-0.2, -0.15) is 0 Å². The summed E-state index contributed by atoms with van der Waals surface area (Å²) in [5.74, 6) is -1.41. The lowest BCUT2D eigenvalue weighted by Gasteiger charge is -2.07. The highest BCUT2D eigenvalue weighted by Gasteiger charge is 2.21. The molecule has 0 bridgehead atoms. The Kier molecular flexibility index (Phi) is 7.04. The average Bonchev–Trinajstić information content (AvgIpc) is 3.33. The first-order valence-corrected chi connectivity index (χ1v) is 10.5. The molecule has 0 radical (unpaired) electrons. The van der Waals surface area contributed by atoms with Crippen molar-refractivity contribution in [3.05, 3.63) is 102 Å². The summed E-state index contributed by atoms with van der Waals surface area (Å²) >= 11 is 0. The van der Waals surface area contributed by atoms with Crippen molar-refractivity contribution in [1.82, 2.24) is 25.4 Å². The molecule has 2 N–H and O–H groups in total. The van der Waals surface area contributed by atoms with Crippen LogP contribution in [0.5, 0.6) is 0 Å². The highest BCUT2D eigenvalue weighted by Crippen LogP contribution is 2.21. The fraction of sp³-hybridized carbons (Fsp3) is 0.0800. The number of ether oxygens (including phenoxy) is 1. The van der Waals surface area contributed by atoms with Gasteiger partial charge in [0.2, 0.25) is 0 Å². The summed E-state index contributed by atoms with van der Waals surface area (Å²) in [6, 6.07) is 27.0. The Labute approximate surface area is 195 Å². The minimum atomic E-state index is -0.883. The molecule has 0 aliphatic rings. The molecule has 0 aliphatic heterocycles. The van der Waals surface area contributed by atoms with Gasteiger partial charge in [0.25, 0.3) is 11.7 Å². The van der Waals surface area contributed by atoms with Crippen molar-refractivity contribution in [2.45, 2.75) is 6.54 Å². The number of amides is 3. The molecule has 9 nitrogen and oxygen atoms in total. The predicted octanol–water partition coefficient (Wildman–Crippen LogP) is 3.12. The SMILES string of the molecule is O=C(COC(=O)c1nc(-c2ccccc2)n(-c2ccccc2)n1)NC(=O)NCc1ccccc1. The number of urea groups is 1. The van der Waals surface area contributed by atoms with E-state index in [4.69, 9.17) is 4.74 Å². The molecule has 0 saturated heterocycles. The van der Waals surface area contributed by atoms with Crippen molar-refractivity contribution in [2.24, 2.45) is 0 Å². The summed E-state index contributed by atoms with van der Waals surface area (Å²) in [5.41, 5.74) is 2.34. The summed E-state index contributed by atoms with van der Waals surface area (Å²) in [6.45, 7) is -0.402. The highest BCUT2D eigenvalue weighted by atomic mass is 16.5. The second kappa shape index (κ2) is 10.7. The molecule has 0 saturated carbocycles. The summed E-state index contributed by atoms with van der Waals surface area (Å²) in [6.07, 6.45) is 0. The predicted molar refractivity (Wildman–Crippen MR) is 124 cm³/mol. The van der Waals surface area contributed by atoms with Crippen molar-refractivity contribution in [3.8, 4) is 17.1 Å². The molecule has 34 heavy (non-hydrogen) atoms. The maximum Gasteiger partial charge on any atom is 0.378 e. The van der Waals surface area contributed by atoms with Crippen LogP contribution in [-0.4, -0.2) is 39.3 Å². The van der Waals surface area contributed by atoms with Crippen molar-refractivity contribution in [1.29, 1.82) is 0 Å². The first-order chi connectivity index (χ1) is 16.6. The van der Waals surface area contributed by atoms with Crippen molar-refractivity contribution in [2.75, 3.05) is 6.61 Å². The van der Waals surface area contributed by atoms with Gasteiger partial charge in [-0.25, -0.2) is 19.3 Å². The molecule has 3 aromatic carbocycles. The highest BCUT2D eigenvalue weighted by molar-refractivity contribution is 5.96. The van der Waals surface area contributed by atoms with Crippen molar-refractivity contribution < 1.29 is 19.1 Å². The van der Waals surface area contributed by atoms with E-state index in [0.717, 1.165) is 11.1 Å². The quantitative estimate of drug-likeness (QED) is 0.414. The van der Waals surface area contributed by atoms with E-state index < -0.39 is 24.5 Å². The van der Waals surface area contributed by atoms with E-state index in [9.17, 15) is 14.4 Å². The van der Waals surface area contributed by atoms with Gasteiger partial charge in [0.1, 0.15) is 0 Å². The van der Waals surface area contributed by atoms with Crippen molar-refractivity contribution in [3.63, 3.8) is 0 Å². The normalized spacial score (nSPS) is 10.4. The third-order valence-electron chi connectivity index (χ3n) is 4.71. The fourth-order valence-electron chi connectivity index (χ4n) is 3.10. The van der Waals surface area contributed by atoms with Gasteiger partial charge in [-0.05, 0) is 17.7 Å². The summed E-state index contributed by atoms with van der Waals surface area (Å²) in [4.78, 5) is 40.8. The Morgan fingerprint density at radius 3 is 2.12 bits per heavy atom. The minimum absolute atomic E-state index is 0.205. The molecular weight excluding hydrogens is 434 g/mol. The molecule has 1 heterocycles. The van der Waals surface area contributed by atoms with Gasteiger partial charge in [0.15, 0.2) is 12.4 Å². The van der Waals surface area contributed by atoms with Crippen LogP contribution >= 0.6 is 0 Å². The van der Waals surface area contributed by atoms with E-state index in [1.54, 1.807) is 0 Å². The molecule has 4 aromatic rings. The van der Waals surface area contributed by atoms with E-state index in [-0.39, 0.29) is 12.4 Å². The molecule has 0 spiro atoms. The molecule has 170 valence electrons. The number of hydrogen-bond donors (Lipinski definition) is 2. The number of rotatable bonds is 7. The zero-order valence-electron chi connectivity index (χ0n) is 18.0. The number of hydrogen-bond acceptors (Lipinski definition) is 6. The molecule has 0 atom stereocenters. The number of imide groups is 1. The van der Waals surface area contributed by atoms with Crippen LogP contribution in [0, 0.1) is 0 Å². The largest absolute Gasteiger partial charge is 0.450 e. The Balaban J connectivity index is 1.38. The van der Waals surface area contributed by atoms with E-state index in [0.29, 0.717) is 11.5 Å². The zero-order valence-corrected chi connectivity index (χ0v) is 18.0. The number of para-hydroxylation sites is 1. The zero-order chi connectivity index (χ0) is 23.8. The Bertz CT molecular complexity index is 1220. The third kappa shape index (κ3) is 5.71. The number of nitrogens with one attached hydrogen (secondary N) is 2. The van der Waals surface area contributed by atoms with Gasteiger partial charge < -0.3 is 10.1 Å². The van der Waals surface area contributed by atoms with Gasteiger partial charge in [-0.1, -0.05) is 78.9 Å². The van der Waals surface area contributed by atoms with Crippen LogP contribution < -0.4 is 10.6 Å². The second-order valence-electron chi connectivity index (χ2n) is 7.16. The maximum atomic E-state index is 12.5. The van der Waals surface area contributed by atoms with Gasteiger partial charge >= 0.3 is 12.0 Å². The number of benzene rings is 3. The number of carbonyl (C=O) groups excluding carboxylic acids is 3. The fourth-order valence-corrected chi connectivity index (χ4v) is 3.10. The van der Waals surface area contributed by atoms with E-state index in [1.165, 1.54) is 4.68 Å². The summed E-state index contributed by atoms with van der Waals surface area (Å²) in [5, 5.41) is 8.95. The molecule has 1 aromatic heterocycles. The Morgan fingerprint density at radius 1 is 0.824 bits per heavy atom. The molecule has 4 rings (SSSR count). The van der Waals surface area contributed by atoms with Crippen LogP contribution in [0.3, 0.4) is 0 Å². The first kappa shape index (κ1) is 22.4. The Hall–Kier alpha value is -4.79. The van der Waals surface area contributed by atoms with Crippen LogP contribution in [0.4, 0.5) is 4.79 Å². The van der Waals surface area contributed by atoms with E-state index >= 15 is 0 Å². The second-order valence-corrected chi connectivity index (χ2v) is 7.16. The van der Waals surface area contributed by atoms with E-state index in [2.05, 4.69) is 20.7 Å². The number of aromatic nitrogens is 3. The van der Waals surface area contributed by atoms with Crippen LogP contribution in [0.25, 0.3) is 17.1 Å². The standard InChI is InChI=1S/C25H21N5O4/c31-21(27-25(33)26-16-18-10-4-1-5-11-18)17-34-24(32)22-28-23(19-12-6-2-7-13-19)30(29-22)20-14-8-3-9-15-20/h1-15H,16-17H2,(H2,26,27,31,33). The lowest BCUT2D eigenvalue weighted by molar-refractivity contribution is -0.123. The smallest absolute Gasteiger partial charge is 0.378 e. The molecule has 9 heteroatoms. The lowest BCUT2D eigenvalue weighted by atomic mass is 10.2.